The number of nitrogens with one attached hydrogen (secondary N) is 1. The molecule has 1 aromatic rings. The summed E-state index contributed by atoms with van der Waals surface area (Å²) in [7, 11) is 0. The van der Waals surface area contributed by atoms with E-state index >= 15 is 0 Å². The van der Waals surface area contributed by atoms with Crippen molar-refractivity contribution in [1.29, 1.82) is 0 Å². The number of carbonyl (C=O) groups is 1. The van der Waals surface area contributed by atoms with Crippen LogP contribution < -0.4 is 11.1 Å². The molecule has 1 saturated carbocycles. The molecule has 0 spiro atoms. The van der Waals surface area contributed by atoms with E-state index in [-0.39, 0.29) is 5.91 Å². The highest BCUT2D eigenvalue weighted by Gasteiger charge is 2.37. The molecule has 0 aliphatic heterocycles. The molecule has 0 atom stereocenters. The second kappa shape index (κ2) is 5.25. The van der Waals surface area contributed by atoms with Gasteiger partial charge < -0.3 is 11.1 Å². The number of anilines is 1. The van der Waals surface area contributed by atoms with Crippen molar-refractivity contribution < 1.29 is 4.79 Å². The van der Waals surface area contributed by atoms with Crippen molar-refractivity contribution in [2.45, 2.75) is 31.2 Å². The van der Waals surface area contributed by atoms with Crippen LogP contribution in [0.25, 0.3) is 0 Å². The van der Waals surface area contributed by atoms with E-state index in [0.29, 0.717) is 33.6 Å². The summed E-state index contributed by atoms with van der Waals surface area (Å²) in [5.41, 5.74) is 5.61. The van der Waals surface area contributed by atoms with Gasteiger partial charge in [0.05, 0.1) is 21.3 Å². The SMILES string of the molecule is NC1(C(=O)Nc2c(Cl)cc(Cl)cc2Cl)CCCC1. The van der Waals surface area contributed by atoms with E-state index in [1.165, 1.54) is 12.1 Å². The lowest BCUT2D eigenvalue weighted by Gasteiger charge is -2.23. The molecular formula is C12H13Cl3N2O. The third-order valence-corrected chi connectivity index (χ3v) is 4.01. The van der Waals surface area contributed by atoms with Gasteiger partial charge in [-0.1, -0.05) is 47.6 Å². The molecule has 0 saturated heterocycles. The van der Waals surface area contributed by atoms with E-state index in [1.807, 2.05) is 0 Å². The number of rotatable bonds is 2. The molecule has 18 heavy (non-hydrogen) atoms. The topological polar surface area (TPSA) is 55.1 Å². The zero-order valence-corrected chi connectivity index (χ0v) is 11.9. The monoisotopic (exact) mass is 306 g/mol. The molecule has 0 bridgehead atoms. The largest absolute Gasteiger partial charge is 0.322 e. The van der Waals surface area contributed by atoms with Gasteiger partial charge in [0, 0.05) is 5.02 Å². The molecule has 1 aromatic carbocycles. The zero-order valence-electron chi connectivity index (χ0n) is 9.60. The molecule has 6 heteroatoms. The van der Waals surface area contributed by atoms with Gasteiger partial charge in [-0.05, 0) is 25.0 Å². The van der Waals surface area contributed by atoms with Crippen LogP contribution in [-0.4, -0.2) is 11.4 Å². The Morgan fingerprint density at radius 1 is 1.17 bits per heavy atom. The Morgan fingerprint density at radius 2 is 1.67 bits per heavy atom. The van der Waals surface area contributed by atoms with Gasteiger partial charge in [-0.2, -0.15) is 0 Å². The highest BCUT2D eigenvalue weighted by Crippen LogP contribution is 2.35. The first-order valence-corrected chi connectivity index (χ1v) is 6.81. The summed E-state index contributed by atoms with van der Waals surface area (Å²) in [4.78, 5) is 12.1. The first-order chi connectivity index (χ1) is 8.42. The van der Waals surface area contributed by atoms with Crippen molar-refractivity contribution in [3.63, 3.8) is 0 Å². The fourth-order valence-corrected chi connectivity index (χ4v) is 3.04. The summed E-state index contributed by atoms with van der Waals surface area (Å²) in [6.07, 6.45) is 3.29. The summed E-state index contributed by atoms with van der Waals surface area (Å²) in [5.74, 6) is -0.244. The Balaban J connectivity index is 2.22. The number of hydrogen-bond donors (Lipinski definition) is 2. The third-order valence-electron chi connectivity index (χ3n) is 3.19. The van der Waals surface area contributed by atoms with E-state index in [1.54, 1.807) is 0 Å². The highest BCUT2D eigenvalue weighted by molar-refractivity contribution is 6.42. The van der Waals surface area contributed by atoms with E-state index in [2.05, 4.69) is 5.32 Å². The maximum atomic E-state index is 12.1. The average Bonchev–Trinajstić information content (AvgIpc) is 2.71. The van der Waals surface area contributed by atoms with Crippen molar-refractivity contribution in [2.24, 2.45) is 5.73 Å². The standard InChI is InChI=1S/C12H13Cl3N2O/c13-7-5-8(14)10(9(15)6-7)17-11(18)12(16)3-1-2-4-12/h5-6H,1-4,16H2,(H,17,18). The van der Waals surface area contributed by atoms with Crippen LogP contribution in [0.1, 0.15) is 25.7 Å². The van der Waals surface area contributed by atoms with Crippen LogP contribution >= 0.6 is 34.8 Å². The van der Waals surface area contributed by atoms with E-state index in [4.69, 9.17) is 40.5 Å². The minimum atomic E-state index is -0.813. The quantitative estimate of drug-likeness (QED) is 0.871. The minimum absolute atomic E-state index is 0.244. The van der Waals surface area contributed by atoms with Crippen molar-refractivity contribution in [2.75, 3.05) is 5.32 Å². The molecule has 3 N–H and O–H groups in total. The molecule has 1 fully saturated rings. The number of nitrogens with two attached hydrogens (primary N) is 1. The molecule has 0 unspecified atom stereocenters. The molecule has 1 amide bonds. The number of benzene rings is 1. The Kier molecular flexibility index (Phi) is 4.07. The van der Waals surface area contributed by atoms with E-state index in [0.717, 1.165) is 12.8 Å². The van der Waals surface area contributed by atoms with Gasteiger partial charge in [0.1, 0.15) is 0 Å². The molecule has 98 valence electrons. The van der Waals surface area contributed by atoms with Gasteiger partial charge in [0.25, 0.3) is 0 Å². The molecule has 1 aliphatic rings. The number of hydrogen-bond acceptors (Lipinski definition) is 2. The van der Waals surface area contributed by atoms with Gasteiger partial charge >= 0.3 is 0 Å². The maximum absolute atomic E-state index is 12.1. The zero-order chi connectivity index (χ0) is 13.3. The summed E-state index contributed by atoms with van der Waals surface area (Å²) < 4.78 is 0. The molecule has 0 radical (unpaired) electrons. The number of amides is 1. The second-order valence-corrected chi connectivity index (χ2v) is 5.81. The minimum Gasteiger partial charge on any atom is -0.322 e. The van der Waals surface area contributed by atoms with E-state index in [9.17, 15) is 4.79 Å². The predicted octanol–water partition coefficient (Wildman–Crippen LogP) is 3.86. The van der Waals surface area contributed by atoms with Gasteiger partial charge in [0.15, 0.2) is 0 Å². The Bertz CT molecular complexity index is 461. The summed E-state index contributed by atoms with van der Waals surface area (Å²) >= 11 is 17.8. The fourth-order valence-electron chi connectivity index (χ4n) is 2.13. The smallest absolute Gasteiger partial charge is 0.244 e. The van der Waals surface area contributed by atoms with Crippen molar-refractivity contribution in [1.82, 2.24) is 0 Å². The number of carbonyl (C=O) groups excluding carboxylic acids is 1. The normalized spacial score (nSPS) is 17.8. The van der Waals surface area contributed by atoms with Gasteiger partial charge in [-0.3, -0.25) is 4.79 Å². The van der Waals surface area contributed by atoms with Crippen molar-refractivity contribution in [3.05, 3.63) is 27.2 Å². The molecule has 0 aromatic heterocycles. The summed E-state index contributed by atoms with van der Waals surface area (Å²) in [6, 6.07) is 3.06. The Morgan fingerprint density at radius 3 is 2.17 bits per heavy atom. The van der Waals surface area contributed by atoms with Crippen molar-refractivity contribution >= 4 is 46.4 Å². The fraction of sp³-hybridized carbons (Fsp3) is 0.417. The van der Waals surface area contributed by atoms with Gasteiger partial charge in [0.2, 0.25) is 5.91 Å². The van der Waals surface area contributed by atoms with Gasteiger partial charge in [-0.15, -0.1) is 0 Å². The van der Waals surface area contributed by atoms with Crippen LogP contribution in [0.3, 0.4) is 0 Å². The third kappa shape index (κ3) is 2.75. The lowest BCUT2D eigenvalue weighted by molar-refractivity contribution is -0.121. The summed E-state index contributed by atoms with van der Waals surface area (Å²) in [6.45, 7) is 0. The van der Waals surface area contributed by atoms with Crippen LogP contribution in [0.4, 0.5) is 5.69 Å². The summed E-state index contributed by atoms with van der Waals surface area (Å²) in [5, 5.41) is 3.74. The predicted molar refractivity (Wildman–Crippen MR) is 75.5 cm³/mol. The number of halogens is 3. The van der Waals surface area contributed by atoms with Crippen LogP contribution in [0.2, 0.25) is 15.1 Å². The molecule has 2 rings (SSSR count). The van der Waals surface area contributed by atoms with Crippen molar-refractivity contribution in [3.8, 4) is 0 Å². The van der Waals surface area contributed by atoms with Gasteiger partial charge in [-0.25, -0.2) is 0 Å². The lowest BCUT2D eigenvalue weighted by atomic mass is 9.98. The molecule has 3 nitrogen and oxygen atoms in total. The Labute approximate surface area is 121 Å². The second-order valence-electron chi connectivity index (χ2n) is 4.56. The van der Waals surface area contributed by atoms with E-state index < -0.39 is 5.54 Å². The van der Waals surface area contributed by atoms with Crippen LogP contribution in [0.15, 0.2) is 12.1 Å². The molecule has 0 heterocycles. The first kappa shape index (κ1) is 13.9. The highest BCUT2D eigenvalue weighted by atomic mass is 35.5. The average molecular weight is 308 g/mol. The lowest BCUT2D eigenvalue weighted by Crippen LogP contribution is -2.48. The van der Waals surface area contributed by atoms with Crippen LogP contribution in [0.5, 0.6) is 0 Å². The van der Waals surface area contributed by atoms with Crippen LogP contribution in [-0.2, 0) is 4.79 Å². The maximum Gasteiger partial charge on any atom is 0.244 e. The Hall–Kier alpha value is -0.480. The molecule has 1 aliphatic carbocycles. The molecular weight excluding hydrogens is 295 g/mol. The van der Waals surface area contributed by atoms with Crippen LogP contribution in [0, 0.1) is 0 Å². The first-order valence-electron chi connectivity index (χ1n) is 5.67.